The van der Waals surface area contributed by atoms with Crippen molar-refractivity contribution < 1.29 is 14.0 Å². The van der Waals surface area contributed by atoms with Gasteiger partial charge in [-0.05, 0) is 69.5 Å². The zero-order chi connectivity index (χ0) is 19.6. The van der Waals surface area contributed by atoms with Crippen LogP contribution < -0.4 is 5.32 Å². The molecule has 5 heteroatoms. The number of hydrogen-bond donors (Lipinski definition) is 1. The molecule has 3 rings (SSSR count). The third-order valence-corrected chi connectivity index (χ3v) is 4.99. The highest BCUT2D eigenvalue weighted by Crippen LogP contribution is 2.23. The quantitative estimate of drug-likeness (QED) is 0.881. The second-order valence-electron chi connectivity index (χ2n) is 7.42. The molecule has 2 amide bonds. The monoisotopic (exact) mass is 368 g/mol. The molecule has 0 aliphatic carbocycles. The summed E-state index contributed by atoms with van der Waals surface area (Å²) in [4.78, 5) is 27.3. The van der Waals surface area contributed by atoms with Gasteiger partial charge < -0.3 is 10.2 Å². The molecule has 0 radical (unpaired) electrons. The number of rotatable bonds is 3. The Morgan fingerprint density at radius 3 is 2.44 bits per heavy atom. The lowest BCUT2D eigenvalue weighted by Gasteiger charge is -2.32. The van der Waals surface area contributed by atoms with Gasteiger partial charge in [0.05, 0.1) is 5.92 Å². The van der Waals surface area contributed by atoms with Gasteiger partial charge in [0.2, 0.25) is 5.91 Å². The molecule has 1 fully saturated rings. The van der Waals surface area contributed by atoms with Crippen LogP contribution in [0.3, 0.4) is 0 Å². The van der Waals surface area contributed by atoms with E-state index in [2.05, 4.69) is 5.32 Å². The van der Waals surface area contributed by atoms with E-state index in [-0.39, 0.29) is 23.5 Å². The summed E-state index contributed by atoms with van der Waals surface area (Å²) in [6.07, 6.45) is 1.53. The van der Waals surface area contributed by atoms with Crippen LogP contribution in [0.2, 0.25) is 0 Å². The summed E-state index contributed by atoms with van der Waals surface area (Å²) in [6, 6.07) is 10.1. The molecule has 0 saturated carbocycles. The minimum atomic E-state index is -0.326. The number of nitrogens with one attached hydrogen (secondary N) is 1. The van der Waals surface area contributed by atoms with Crippen LogP contribution in [-0.4, -0.2) is 29.8 Å². The lowest BCUT2D eigenvalue weighted by atomic mass is 9.95. The van der Waals surface area contributed by atoms with Gasteiger partial charge in [0.15, 0.2) is 0 Å². The van der Waals surface area contributed by atoms with Gasteiger partial charge in [-0.25, -0.2) is 4.39 Å². The van der Waals surface area contributed by atoms with E-state index in [9.17, 15) is 14.0 Å². The van der Waals surface area contributed by atoms with Crippen LogP contribution in [0.4, 0.5) is 10.1 Å². The van der Waals surface area contributed by atoms with Crippen molar-refractivity contribution in [1.29, 1.82) is 0 Å². The second kappa shape index (κ2) is 7.91. The molecule has 2 aromatic rings. The number of hydrogen-bond acceptors (Lipinski definition) is 2. The van der Waals surface area contributed by atoms with Gasteiger partial charge in [-0.1, -0.05) is 17.2 Å². The zero-order valence-electron chi connectivity index (χ0n) is 16.0. The Labute approximate surface area is 159 Å². The van der Waals surface area contributed by atoms with Gasteiger partial charge in [-0.3, -0.25) is 9.59 Å². The molecule has 2 aromatic carbocycles. The van der Waals surface area contributed by atoms with E-state index >= 15 is 0 Å². The van der Waals surface area contributed by atoms with Gasteiger partial charge >= 0.3 is 0 Å². The van der Waals surface area contributed by atoms with Crippen LogP contribution >= 0.6 is 0 Å². The average Bonchev–Trinajstić information content (AvgIpc) is 2.62. The lowest BCUT2D eigenvalue weighted by Crippen LogP contribution is -2.43. The number of piperidine rings is 1. The maximum absolute atomic E-state index is 13.2. The fourth-order valence-electron chi connectivity index (χ4n) is 3.66. The molecule has 1 aliphatic heterocycles. The van der Waals surface area contributed by atoms with E-state index in [0.717, 1.165) is 24.0 Å². The first-order valence-corrected chi connectivity index (χ1v) is 9.28. The van der Waals surface area contributed by atoms with Crippen molar-refractivity contribution in [2.45, 2.75) is 33.6 Å². The summed E-state index contributed by atoms with van der Waals surface area (Å²) in [5.74, 6) is -0.744. The Kier molecular flexibility index (Phi) is 5.59. The minimum Gasteiger partial charge on any atom is -0.338 e. The lowest BCUT2D eigenvalue weighted by molar-refractivity contribution is -0.121. The summed E-state index contributed by atoms with van der Waals surface area (Å²) in [5.41, 5.74) is 4.07. The van der Waals surface area contributed by atoms with Crippen molar-refractivity contribution in [3.8, 4) is 0 Å². The Bertz CT molecular complexity index is 858. The van der Waals surface area contributed by atoms with E-state index in [4.69, 9.17) is 0 Å². The smallest absolute Gasteiger partial charge is 0.253 e. The molecule has 1 saturated heterocycles. The molecule has 0 bridgehead atoms. The largest absolute Gasteiger partial charge is 0.338 e. The van der Waals surface area contributed by atoms with E-state index < -0.39 is 0 Å². The van der Waals surface area contributed by atoms with Crippen molar-refractivity contribution in [3.63, 3.8) is 0 Å². The minimum absolute atomic E-state index is 0.0303. The number of aryl methyl sites for hydroxylation is 3. The number of carbonyl (C=O) groups excluding carboxylic acids is 2. The molecule has 4 nitrogen and oxygen atoms in total. The van der Waals surface area contributed by atoms with Crippen LogP contribution in [0.15, 0.2) is 36.4 Å². The first-order chi connectivity index (χ1) is 12.8. The summed E-state index contributed by atoms with van der Waals surface area (Å²) >= 11 is 0. The molecule has 1 N–H and O–H groups in total. The predicted octanol–water partition coefficient (Wildman–Crippen LogP) is 4.24. The third-order valence-electron chi connectivity index (χ3n) is 4.99. The van der Waals surface area contributed by atoms with Crippen LogP contribution in [-0.2, 0) is 4.79 Å². The molecule has 1 unspecified atom stereocenters. The van der Waals surface area contributed by atoms with Crippen molar-refractivity contribution in [2.75, 3.05) is 18.4 Å². The molecule has 142 valence electrons. The zero-order valence-corrected chi connectivity index (χ0v) is 16.0. The van der Waals surface area contributed by atoms with Crippen LogP contribution in [0.25, 0.3) is 0 Å². The Morgan fingerprint density at radius 2 is 1.78 bits per heavy atom. The second-order valence-corrected chi connectivity index (χ2v) is 7.42. The van der Waals surface area contributed by atoms with Gasteiger partial charge in [-0.2, -0.15) is 0 Å². The van der Waals surface area contributed by atoms with Gasteiger partial charge in [0, 0.05) is 24.3 Å². The summed E-state index contributed by atoms with van der Waals surface area (Å²) < 4.78 is 13.2. The first-order valence-electron chi connectivity index (χ1n) is 9.28. The molecule has 0 aromatic heterocycles. The van der Waals surface area contributed by atoms with Crippen LogP contribution in [0, 0.1) is 32.5 Å². The van der Waals surface area contributed by atoms with Crippen LogP contribution in [0.1, 0.15) is 39.9 Å². The number of carbonyl (C=O) groups is 2. The van der Waals surface area contributed by atoms with E-state index in [1.165, 1.54) is 12.1 Å². The number of benzene rings is 2. The van der Waals surface area contributed by atoms with Crippen molar-refractivity contribution in [1.82, 2.24) is 4.90 Å². The van der Waals surface area contributed by atoms with Crippen molar-refractivity contribution >= 4 is 17.5 Å². The topological polar surface area (TPSA) is 49.4 Å². The fourth-order valence-corrected chi connectivity index (χ4v) is 3.66. The summed E-state index contributed by atoms with van der Waals surface area (Å²) in [7, 11) is 0. The molecular weight excluding hydrogens is 343 g/mol. The maximum atomic E-state index is 13.2. The highest BCUT2D eigenvalue weighted by molar-refractivity contribution is 5.96. The molecule has 27 heavy (non-hydrogen) atoms. The Morgan fingerprint density at radius 1 is 1.07 bits per heavy atom. The number of amides is 2. The summed E-state index contributed by atoms with van der Waals surface area (Å²) in [5, 5.41) is 2.88. The van der Waals surface area contributed by atoms with E-state index in [1.54, 1.807) is 17.9 Å². The number of nitrogens with zero attached hydrogens (tertiary/aromatic N) is 1. The predicted molar refractivity (Wildman–Crippen MR) is 104 cm³/mol. The first kappa shape index (κ1) is 19.1. The fraction of sp³-hybridized carbons (Fsp3) is 0.364. The number of anilines is 1. The highest BCUT2D eigenvalue weighted by Gasteiger charge is 2.29. The van der Waals surface area contributed by atoms with E-state index in [1.807, 2.05) is 32.0 Å². The molecule has 1 heterocycles. The van der Waals surface area contributed by atoms with Gasteiger partial charge in [0.1, 0.15) is 5.82 Å². The summed E-state index contributed by atoms with van der Waals surface area (Å²) in [6.45, 7) is 6.76. The SMILES string of the molecule is Cc1cc(C)cc(C(=O)N2CCCC(C(=O)Nc3ccc(F)cc3C)C2)c1. The molecule has 0 spiro atoms. The van der Waals surface area contributed by atoms with Crippen molar-refractivity contribution in [3.05, 3.63) is 64.5 Å². The standard InChI is InChI=1S/C22H25FN2O2/c1-14-9-15(2)11-18(10-14)22(27)25-8-4-5-17(13-25)21(26)24-20-7-6-19(23)12-16(20)3/h6-7,9-12,17H,4-5,8,13H2,1-3H3,(H,24,26). The molecular formula is C22H25FN2O2. The van der Waals surface area contributed by atoms with E-state index in [0.29, 0.717) is 29.9 Å². The Balaban J connectivity index is 1.69. The van der Waals surface area contributed by atoms with Gasteiger partial charge in [-0.15, -0.1) is 0 Å². The third kappa shape index (κ3) is 4.54. The van der Waals surface area contributed by atoms with Crippen LogP contribution in [0.5, 0.6) is 0 Å². The average molecular weight is 368 g/mol. The molecule has 1 atom stereocenters. The highest BCUT2D eigenvalue weighted by atomic mass is 19.1. The van der Waals surface area contributed by atoms with Crippen molar-refractivity contribution in [2.24, 2.45) is 5.92 Å². The van der Waals surface area contributed by atoms with Gasteiger partial charge in [0.25, 0.3) is 5.91 Å². The Hall–Kier alpha value is -2.69. The number of likely N-dealkylation sites (tertiary alicyclic amines) is 1. The molecule has 1 aliphatic rings. The normalized spacial score (nSPS) is 16.9. The number of halogens is 1. The maximum Gasteiger partial charge on any atom is 0.253 e.